The number of imidazole rings is 1. The molecule has 3 aromatic heterocycles. The lowest BCUT2D eigenvalue weighted by molar-refractivity contribution is -0.132. The molecule has 1 aliphatic heterocycles. The van der Waals surface area contributed by atoms with Crippen molar-refractivity contribution in [1.82, 2.24) is 24.1 Å². The van der Waals surface area contributed by atoms with Crippen molar-refractivity contribution in [1.29, 1.82) is 0 Å². The smallest absolute Gasteiger partial charge is 0.228 e. The fourth-order valence-electron chi connectivity index (χ4n) is 3.16. The molecule has 0 saturated carbocycles. The second-order valence-electron chi connectivity index (χ2n) is 6.14. The van der Waals surface area contributed by atoms with Crippen LogP contribution >= 0.6 is 11.3 Å². The average Bonchev–Trinajstić information content (AvgIpc) is 3.23. The van der Waals surface area contributed by atoms with E-state index in [0.29, 0.717) is 6.42 Å². The van der Waals surface area contributed by atoms with Gasteiger partial charge in [0.2, 0.25) is 5.91 Å². The van der Waals surface area contributed by atoms with E-state index in [2.05, 4.69) is 16.3 Å². The van der Waals surface area contributed by atoms with E-state index in [1.165, 1.54) is 0 Å². The molecular formula is C16H19N5OS. The summed E-state index contributed by atoms with van der Waals surface area (Å²) in [5.41, 5.74) is 2.01. The predicted octanol–water partition coefficient (Wildman–Crippen LogP) is 2.31. The third kappa shape index (κ3) is 2.88. The van der Waals surface area contributed by atoms with Crippen molar-refractivity contribution in [3.8, 4) is 0 Å². The Hall–Kier alpha value is -2.15. The van der Waals surface area contributed by atoms with E-state index in [0.717, 1.165) is 42.1 Å². The van der Waals surface area contributed by atoms with E-state index >= 15 is 0 Å². The Morgan fingerprint density at radius 3 is 3.13 bits per heavy atom. The van der Waals surface area contributed by atoms with Crippen LogP contribution in [-0.4, -0.2) is 43.1 Å². The highest BCUT2D eigenvalue weighted by Crippen LogP contribution is 2.22. The molecule has 7 heteroatoms. The zero-order chi connectivity index (χ0) is 15.8. The summed E-state index contributed by atoms with van der Waals surface area (Å²) in [5.74, 6) is 0.157. The molecule has 4 heterocycles. The highest BCUT2D eigenvalue weighted by atomic mass is 32.1. The predicted molar refractivity (Wildman–Crippen MR) is 88.6 cm³/mol. The number of fused-ring (bicyclic) bond motifs is 1. The van der Waals surface area contributed by atoms with Crippen LogP contribution in [0.3, 0.4) is 0 Å². The van der Waals surface area contributed by atoms with E-state index in [9.17, 15) is 4.79 Å². The van der Waals surface area contributed by atoms with Crippen LogP contribution in [0.15, 0.2) is 30.2 Å². The van der Waals surface area contributed by atoms with Gasteiger partial charge < -0.3 is 4.90 Å². The molecule has 0 unspecified atom stereocenters. The number of likely N-dealkylation sites (tertiary alicyclic amines) is 1. The number of aryl methyl sites for hydroxylation is 1. The normalized spacial score (nSPS) is 18.7. The van der Waals surface area contributed by atoms with Crippen LogP contribution in [0.4, 0.5) is 0 Å². The summed E-state index contributed by atoms with van der Waals surface area (Å²) in [6.45, 7) is 3.61. The molecular weight excluding hydrogens is 310 g/mol. The number of hydrogen-bond donors (Lipinski definition) is 0. The van der Waals surface area contributed by atoms with Crippen molar-refractivity contribution in [3.63, 3.8) is 0 Å². The zero-order valence-electron chi connectivity index (χ0n) is 13.1. The lowest BCUT2D eigenvalue weighted by Crippen LogP contribution is -2.41. The molecule has 0 radical (unpaired) electrons. The molecule has 120 valence electrons. The number of piperidine rings is 1. The number of nitrogens with zero attached hydrogens (tertiary/aromatic N) is 5. The molecule has 0 aromatic carbocycles. The average molecular weight is 329 g/mol. The van der Waals surface area contributed by atoms with Crippen molar-refractivity contribution in [2.45, 2.75) is 32.2 Å². The van der Waals surface area contributed by atoms with Gasteiger partial charge >= 0.3 is 0 Å². The zero-order valence-corrected chi connectivity index (χ0v) is 13.9. The molecule has 1 fully saturated rings. The Bertz CT molecular complexity index is 804. The fraction of sp³-hybridized carbons (Fsp3) is 0.438. The number of hydrogen-bond acceptors (Lipinski definition) is 4. The highest BCUT2D eigenvalue weighted by molar-refractivity contribution is 7.15. The van der Waals surface area contributed by atoms with Gasteiger partial charge in [0.05, 0.1) is 24.4 Å². The number of carbonyl (C=O) groups excluding carboxylic acids is 1. The SMILES string of the molecule is Cc1cnn([C@H]2CCCN(C(=O)Cc3cn4ccsc4n3)C2)c1. The molecule has 1 saturated heterocycles. The number of thiazole rings is 1. The van der Waals surface area contributed by atoms with E-state index in [-0.39, 0.29) is 11.9 Å². The van der Waals surface area contributed by atoms with Gasteiger partial charge in [0, 0.05) is 37.1 Å². The lowest BCUT2D eigenvalue weighted by Gasteiger charge is -2.32. The monoisotopic (exact) mass is 329 g/mol. The molecule has 1 amide bonds. The van der Waals surface area contributed by atoms with Crippen molar-refractivity contribution in [2.75, 3.05) is 13.1 Å². The first-order chi connectivity index (χ1) is 11.2. The summed E-state index contributed by atoms with van der Waals surface area (Å²) in [4.78, 5) is 20.0. The van der Waals surface area contributed by atoms with Gasteiger partial charge in [-0.2, -0.15) is 5.10 Å². The lowest BCUT2D eigenvalue weighted by atomic mass is 10.1. The maximum absolute atomic E-state index is 12.6. The second-order valence-corrected chi connectivity index (χ2v) is 7.01. The Kier molecular flexibility index (Phi) is 3.65. The van der Waals surface area contributed by atoms with Gasteiger partial charge in [-0.25, -0.2) is 4.98 Å². The van der Waals surface area contributed by atoms with Gasteiger partial charge in [-0.15, -0.1) is 11.3 Å². The topological polar surface area (TPSA) is 55.4 Å². The molecule has 3 aromatic rings. The van der Waals surface area contributed by atoms with E-state index < -0.39 is 0 Å². The van der Waals surface area contributed by atoms with Gasteiger partial charge in [-0.3, -0.25) is 13.9 Å². The number of amides is 1. The fourth-order valence-corrected chi connectivity index (χ4v) is 3.88. The first-order valence-corrected chi connectivity index (χ1v) is 8.76. The van der Waals surface area contributed by atoms with E-state index in [4.69, 9.17) is 0 Å². The quantitative estimate of drug-likeness (QED) is 0.741. The maximum atomic E-state index is 12.6. The summed E-state index contributed by atoms with van der Waals surface area (Å²) in [6, 6.07) is 0.284. The van der Waals surface area contributed by atoms with Crippen LogP contribution in [0.2, 0.25) is 0 Å². The molecule has 4 rings (SSSR count). The minimum absolute atomic E-state index is 0.157. The summed E-state index contributed by atoms with van der Waals surface area (Å²) < 4.78 is 3.97. The maximum Gasteiger partial charge on any atom is 0.228 e. The summed E-state index contributed by atoms with van der Waals surface area (Å²) >= 11 is 1.59. The van der Waals surface area contributed by atoms with Crippen molar-refractivity contribution < 1.29 is 4.79 Å². The van der Waals surface area contributed by atoms with Crippen LogP contribution in [0, 0.1) is 6.92 Å². The second kappa shape index (κ2) is 5.81. The number of aromatic nitrogens is 4. The highest BCUT2D eigenvalue weighted by Gasteiger charge is 2.25. The van der Waals surface area contributed by atoms with Crippen LogP contribution in [0.1, 0.15) is 30.1 Å². The largest absolute Gasteiger partial charge is 0.340 e. The number of carbonyl (C=O) groups is 1. The summed E-state index contributed by atoms with van der Waals surface area (Å²) in [7, 11) is 0. The molecule has 0 aliphatic carbocycles. The Balaban J connectivity index is 1.44. The van der Waals surface area contributed by atoms with Crippen LogP contribution < -0.4 is 0 Å². The molecule has 1 atom stereocenters. The standard InChI is InChI=1S/C16H19N5OS/c1-12-8-17-21(9-12)14-3-2-4-19(11-14)15(22)7-13-10-20-5-6-23-16(20)18-13/h5-6,8-10,14H,2-4,7,11H2,1H3/t14-/m0/s1. The third-order valence-electron chi connectivity index (χ3n) is 4.33. The summed E-state index contributed by atoms with van der Waals surface area (Å²) in [6.07, 6.45) is 10.3. The molecule has 0 bridgehead atoms. The van der Waals surface area contributed by atoms with Crippen molar-refractivity contribution in [3.05, 3.63) is 41.4 Å². The molecule has 1 aliphatic rings. The van der Waals surface area contributed by atoms with Gasteiger partial charge in [0.1, 0.15) is 0 Å². The van der Waals surface area contributed by atoms with Crippen LogP contribution in [0.5, 0.6) is 0 Å². The Morgan fingerprint density at radius 2 is 2.35 bits per heavy atom. The van der Waals surface area contributed by atoms with E-state index in [1.54, 1.807) is 11.3 Å². The van der Waals surface area contributed by atoms with Gasteiger partial charge in [-0.05, 0) is 25.3 Å². The van der Waals surface area contributed by atoms with Crippen molar-refractivity contribution >= 4 is 22.2 Å². The molecule has 23 heavy (non-hydrogen) atoms. The number of rotatable bonds is 3. The minimum Gasteiger partial charge on any atom is -0.340 e. The van der Waals surface area contributed by atoms with E-state index in [1.807, 2.05) is 44.9 Å². The Morgan fingerprint density at radius 1 is 1.43 bits per heavy atom. The van der Waals surface area contributed by atoms with Crippen LogP contribution in [0.25, 0.3) is 4.96 Å². The molecule has 0 spiro atoms. The third-order valence-corrected chi connectivity index (χ3v) is 5.10. The molecule has 0 N–H and O–H groups in total. The minimum atomic E-state index is 0.157. The van der Waals surface area contributed by atoms with Gasteiger partial charge in [0.25, 0.3) is 0 Å². The molecule has 6 nitrogen and oxygen atoms in total. The van der Waals surface area contributed by atoms with Crippen molar-refractivity contribution in [2.24, 2.45) is 0 Å². The summed E-state index contributed by atoms with van der Waals surface area (Å²) in [5, 5.41) is 6.40. The van der Waals surface area contributed by atoms with Gasteiger partial charge in [-0.1, -0.05) is 0 Å². The Labute approximate surface area is 138 Å². The first-order valence-electron chi connectivity index (χ1n) is 7.88. The van der Waals surface area contributed by atoms with Crippen LogP contribution in [-0.2, 0) is 11.2 Å². The van der Waals surface area contributed by atoms with Gasteiger partial charge in [0.15, 0.2) is 4.96 Å². The first kappa shape index (κ1) is 14.4.